The molecule has 34 heavy (non-hydrogen) atoms. The third-order valence-electron chi connectivity index (χ3n) is 7.28. The number of piperidine rings is 1. The third kappa shape index (κ3) is 2.89. The molecule has 2 bridgehead atoms. The van der Waals surface area contributed by atoms with Crippen molar-refractivity contribution < 1.29 is 4.42 Å². The van der Waals surface area contributed by atoms with E-state index in [9.17, 15) is 0 Å². The smallest absolute Gasteiger partial charge is 0.337 e. The van der Waals surface area contributed by atoms with Crippen LogP contribution in [-0.2, 0) is 0 Å². The number of nitrogens with two attached hydrogens (primary N) is 1. The summed E-state index contributed by atoms with van der Waals surface area (Å²) in [5.74, 6) is 1.12. The van der Waals surface area contributed by atoms with Crippen molar-refractivity contribution in [3.63, 3.8) is 0 Å². The first kappa shape index (κ1) is 19.7. The summed E-state index contributed by atoms with van der Waals surface area (Å²) in [7, 11) is 0. The van der Waals surface area contributed by atoms with Gasteiger partial charge in [0.1, 0.15) is 5.76 Å². The summed E-state index contributed by atoms with van der Waals surface area (Å²) >= 11 is 1.46. The number of benzene rings is 1. The van der Waals surface area contributed by atoms with Gasteiger partial charge in [-0.2, -0.15) is 9.47 Å². The first-order chi connectivity index (χ1) is 16.6. The highest BCUT2D eigenvalue weighted by Gasteiger charge is 2.54. The summed E-state index contributed by atoms with van der Waals surface area (Å²) in [6.45, 7) is 5.77. The molecule has 8 nitrogen and oxygen atoms in total. The van der Waals surface area contributed by atoms with Crippen LogP contribution in [0.5, 0.6) is 0 Å². The molecule has 2 fully saturated rings. The molecule has 2 aliphatic heterocycles. The molecule has 0 spiro atoms. The van der Waals surface area contributed by atoms with Crippen molar-refractivity contribution in [3.05, 3.63) is 53.9 Å². The van der Waals surface area contributed by atoms with Crippen LogP contribution in [0, 0.1) is 6.57 Å². The molecule has 4 aromatic heterocycles. The highest BCUT2D eigenvalue weighted by molar-refractivity contribution is 7.13. The molecule has 0 aliphatic carbocycles. The number of hydrogen-bond donors (Lipinski definition) is 2. The molecule has 3 atom stereocenters. The number of nitrogen functional groups attached to an aromatic ring is 1. The van der Waals surface area contributed by atoms with Gasteiger partial charge in [0.25, 0.3) is 6.57 Å². The highest BCUT2D eigenvalue weighted by Crippen LogP contribution is 2.43. The fraction of sp³-hybridized carbons (Fsp3) is 0.280. The lowest BCUT2D eigenvalue weighted by Crippen LogP contribution is -2.47. The Hall–Kier alpha value is -3.74. The molecule has 168 valence electrons. The number of nitrogens with zero attached hydrogens (tertiary/aromatic N) is 5. The lowest BCUT2D eigenvalue weighted by Gasteiger charge is -2.28. The first-order valence-electron chi connectivity index (χ1n) is 11.4. The second-order valence-electron chi connectivity index (χ2n) is 9.30. The number of aromatic nitrogens is 4. The summed E-state index contributed by atoms with van der Waals surface area (Å²) in [6, 6.07) is 8.82. The fourth-order valence-corrected chi connectivity index (χ4v) is 6.37. The molecule has 1 aromatic carbocycles. The third-order valence-corrected chi connectivity index (χ3v) is 8.13. The minimum absolute atomic E-state index is 0.246. The molecule has 0 saturated carbocycles. The summed E-state index contributed by atoms with van der Waals surface area (Å²) in [5.41, 5.74) is 9.39. The number of furan rings is 1. The van der Waals surface area contributed by atoms with Gasteiger partial charge in [-0.1, -0.05) is 17.0 Å². The zero-order valence-electron chi connectivity index (χ0n) is 18.3. The molecule has 0 radical (unpaired) electrons. The van der Waals surface area contributed by atoms with Crippen molar-refractivity contribution in [3.8, 4) is 29.0 Å². The van der Waals surface area contributed by atoms with Crippen molar-refractivity contribution in [2.75, 3.05) is 5.73 Å². The van der Waals surface area contributed by atoms with Crippen LogP contribution in [0.4, 0.5) is 5.82 Å². The van der Waals surface area contributed by atoms with E-state index in [0.29, 0.717) is 17.4 Å². The average Bonchev–Trinajstić information content (AvgIpc) is 3.65. The topological polar surface area (TPSA) is 99.2 Å². The molecule has 2 saturated heterocycles. The second-order valence-corrected chi connectivity index (χ2v) is 10.1. The molecule has 0 amide bonds. The van der Waals surface area contributed by atoms with Gasteiger partial charge in [-0.3, -0.25) is 4.68 Å². The average molecular weight is 469 g/mol. The number of hydrogen-bond acceptors (Lipinski definition) is 7. The number of rotatable bonds is 3. The second kappa shape index (κ2) is 7.13. The largest absolute Gasteiger partial charge is 0.452 e. The Morgan fingerprint density at radius 2 is 2.21 bits per heavy atom. The molecule has 5 aromatic rings. The van der Waals surface area contributed by atoms with Gasteiger partial charge in [-0.05, 0) is 36.5 Å². The quantitative estimate of drug-likeness (QED) is 0.373. The lowest BCUT2D eigenvalue weighted by molar-refractivity contribution is 0.236. The van der Waals surface area contributed by atoms with Crippen LogP contribution < -0.4 is 11.1 Å². The number of anilines is 1. The molecule has 9 heteroatoms. The van der Waals surface area contributed by atoms with Gasteiger partial charge in [0.2, 0.25) is 0 Å². The molecular weight excluding hydrogens is 446 g/mol. The molecule has 7 rings (SSSR count). The van der Waals surface area contributed by atoms with Gasteiger partial charge in [0.05, 0.1) is 23.4 Å². The number of pyridine rings is 1. The van der Waals surface area contributed by atoms with E-state index >= 15 is 0 Å². The zero-order valence-corrected chi connectivity index (χ0v) is 19.1. The summed E-state index contributed by atoms with van der Waals surface area (Å²) in [4.78, 5) is 8.61. The summed E-state index contributed by atoms with van der Waals surface area (Å²) in [5, 5.41) is 10.3. The predicted octanol–water partition coefficient (Wildman–Crippen LogP) is 5.30. The lowest BCUT2D eigenvalue weighted by atomic mass is 9.95. The minimum Gasteiger partial charge on any atom is -0.452 e. The Bertz CT molecular complexity index is 1610. The van der Waals surface area contributed by atoms with E-state index < -0.39 is 0 Å². The van der Waals surface area contributed by atoms with Crippen molar-refractivity contribution in [2.45, 2.75) is 43.4 Å². The van der Waals surface area contributed by atoms with Crippen LogP contribution in [0.2, 0.25) is 0 Å². The maximum Gasteiger partial charge on any atom is 0.337 e. The van der Waals surface area contributed by atoms with Crippen molar-refractivity contribution in [1.82, 2.24) is 24.5 Å². The number of nitrogens with one attached hydrogen (secondary N) is 1. The van der Waals surface area contributed by atoms with E-state index in [1.165, 1.54) is 11.5 Å². The van der Waals surface area contributed by atoms with E-state index in [1.807, 2.05) is 30.6 Å². The van der Waals surface area contributed by atoms with Crippen LogP contribution in [0.3, 0.4) is 0 Å². The van der Waals surface area contributed by atoms with Gasteiger partial charge in [0.15, 0.2) is 11.4 Å². The van der Waals surface area contributed by atoms with Crippen LogP contribution in [0.1, 0.15) is 31.7 Å². The normalized spacial score (nSPS) is 24.1. The van der Waals surface area contributed by atoms with E-state index in [2.05, 4.69) is 36.5 Å². The van der Waals surface area contributed by atoms with Gasteiger partial charge in [-0.15, -0.1) is 0 Å². The summed E-state index contributed by atoms with van der Waals surface area (Å²) in [6.07, 6.45) is 11.6. The van der Waals surface area contributed by atoms with Crippen molar-refractivity contribution in [1.29, 1.82) is 0 Å². The van der Waals surface area contributed by atoms with Crippen LogP contribution in [0.25, 0.3) is 48.4 Å². The molecule has 6 heterocycles. The minimum atomic E-state index is -0.327. The van der Waals surface area contributed by atoms with E-state index in [1.54, 1.807) is 6.20 Å². The Kier molecular flexibility index (Phi) is 4.13. The zero-order chi connectivity index (χ0) is 22.9. The van der Waals surface area contributed by atoms with E-state index in [4.69, 9.17) is 21.8 Å². The van der Waals surface area contributed by atoms with Crippen LogP contribution in [0.15, 0.2) is 53.5 Å². The van der Waals surface area contributed by atoms with E-state index in [-0.39, 0.29) is 11.7 Å². The Morgan fingerprint density at radius 3 is 3.12 bits per heavy atom. The van der Waals surface area contributed by atoms with Crippen LogP contribution >= 0.6 is 11.5 Å². The molecule has 3 N–H and O–H groups in total. The van der Waals surface area contributed by atoms with Gasteiger partial charge < -0.3 is 10.2 Å². The Morgan fingerprint density at radius 1 is 1.26 bits per heavy atom. The fourth-order valence-electron chi connectivity index (χ4n) is 5.60. The van der Waals surface area contributed by atoms with Crippen molar-refractivity contribution in [2.24, 2.45) is 0 Å². The van der Waals surface area contributed by atoms with Gasteiger partial charge in [-0.25, -0.2) is 10.3 Å². The molecular formula is C25H22N7OS+. The Labute approximate surface area is 199 Å². The standard InChI is InChI=1S/C25H22N7OS/c1-27-25-6-5-16(31-25)7-17(9-25)32-13-15(10-29-32)20-12-28-24(26)22-19(20)8-21(33-22)18-4-2-3-14-11-30-34-23(14)18/h1-4,8,10-13,16-17,31H,5-7,9H2,(H2,26,28)/q+1/t16-,17-,25+/m1/s1. The molecule has 2 aliphatic rings. The highest BCUT2D eigenvalue weighted by atomic mass is 32.1. The van der Waals surface area contributed by atoms with Gasteiger partial charge in [0, 0.05) is 58.5 Å². The SMILES string of the molecule is C#[N+][C@]12CC[C@H](C[C@@H](n3cc(-c4cnc(N)c5oc(-c6cccc7cnsc67)cc45)cn3)C1)N2. The monoisotopic (exact) mass is 468 g/mol. The number of fused-ring (bicyclic) bond motifs is 4. The Balaban J connectivity index is 1.30. The first-order valence-corrected chi connectivity index (χ1v) is 12.2. The summed E-state index contributed by atoms with van der Waals surface area (Å²) < 4.78 is 13.7. The van der Waals surface area contributed by atoms with E-state index in [0.717, 1.165) is 63.6 Å². The molecule has 0 unspecified atom stereocenters. The maximum absolute atomic E-state index is 6.24. The van der Waals surface area contributed by atoms with Crippen LogP contribution in [-0.4, -0.2) is 30.8 Å². The predicted molar refractivity (Wildman–Crippen MR) is 134 cm³/mol. The van der Waals surface area contributed by atoms with Crippen molar-refractivity contribution >= 4 is 38.4 Å². The van der Waals surface area contributed by atoms with Gasteiger partial charge >= 0.3 is 5.66 Å². The maximum atomic E-state index is 6.24.